The summed E-state index contributed by atoms with van der Waals surface area (Å²) in [6, 6.07) is 0. The molecule has 0 aliphatic rings. The Morgan fingerprint density at radius 3 is 2.79 bits per heavy atom. The van der Waals surface area contributed by atoms with E-state index in [1.54, 1.807) is 6.20 Å². The van der Waals surface area contributed by atoms with Crippen LogP contribution in [0, 0.1) is 12.8 Å². The van der Waals surface area contributed by atoms with Crippen molar-refractivity contribution in [1.82, 2.24) is 14.3 Å². The number of aromatic nitrogens is 2. The number of nitrogens with two attached hydrogens (primary N) is 1. The van der Waals surface area contributed by atoms with E-state index in [-0.39, 0.29) is 10.9 Å². The summed E-state index contributed by atoms with van der Waals surface area (Å²) in [7, 11) is -3.52. The van der Waals surface area contributed by atoms with Crippen LogP contribution >= 0.6 is 0 Å². The Kier molecular flexibility index (Phi) is 5.96. The lowest BCUT2D eigenvalue weighted by molar-refractivity contribution is 0.514. The van der Waals surface area contributed by atoms with Crippen molar-refractivity contribution in [3.05, 3.63) is 12.0 Å². The van der Waals surface area contributed by atoms with Gasteiger partial charge in [-0.1, -0.05) is 13.8 Å². The lowest BCUT2D eigenvalue weighted by atomic mass is 10.1. The lowest BCUT2D eigenvalue weighted by Gasteiger charge is -2.10. The Bertz CT molecular complexity index is 496. The molecule has 1 unspecified atom stereocenters. The molecule has 1 aromatic heterocycles. The molecular weight excluding hydrogens is 264 g/mol. The van der Waals surface area contributed by atoms with E-state index < -0.39 is 10.0 Å². The fraction of sp³-hybridized carbons (Fsp3) is 0.750. The maximum atomic E-state index is 12.1. The molecule has 0 fully saturated rings. The molecule has 0 aliphatic carbocycles. The summed E-state index contributed by atoms with van der Waals surface area (Å²) in [6.07, 6.45) is 3.33. The first kappa shape index (κ1) is 16.1. The number of hydrogen-bond donors (Lipinski definition) is 2. The fourth-order valence-electron chi connectivity index (χ4n) is 1.79. The highest BCUT2D eigenvalue weighted by Gasteiger charge is 2.19. The molecule has 0 spiro atoms. The topological polar surface area (TPSA) is 90.0 Å². The smallest absolute Gasteiger partial charge is 0.259 e. The van der Waals surface area contributed by atoms with E-state index in [1.807, 2.05) is 25.3 Å². The number of imidazole rings is 1. The summed E-state index contributed by atoms with van der Waals surface area (Å²) < 4.78 is 28.6. The molecule has 1 rings (SSSR count). The molecule has 1 heterocycles. The standard InChI is InChI=1S/C12H24N4O2S/c1-4-7-16-9-12(15-11(16)3)19(17,18)14-8-10(2)5-6-13/h9-10,14H,4-8,13H2,1-3H3. The Hall–Kier alpha value is -0.920. The Morgan fingerprint density at radius 1 is 1.53 bits per heavy atom. The van der Waals surface area contributed by atoms with Crippen LogP contribution in [0.4, 0.5) is 0 Å². The van der Waals surface area contributed by atoms with Crippen LogP contribution in [-0.2, 0) is 16.6 Å². The maximum absolute atomic E-state index is 12.1. The molecule has 0 bridgehead atoms. The van der Waals surface area contributed by atoms with Crippen molar-refractivity contribution in [2.75, 3.05) is 13.1 Å². The monoisotopic (exact) mass is 288 g/mol. The minimum Gasteiger partial charge on any atom is -0.334 e. The molecule has 3 N–H and O–H groups in total. The van der Waals surface area contributed by atoms with Crippen molar-refractivity contribution in [1.29, 1.82) is 0 Å². The van der Waals surface area contributed by atoms with E-state index in [1.165, 1.54) is 0 Å². The van der Waals surface area contributed by atoms with Crippen molar-refractivity contribution in [2.24, 2.45) is 11.7 Å². The molecule has 0 radical (unpaired) electrons. The van der Waals surface area contributed by atoms with Crippen LogP contribution < -0.4 is 10.5 Å². The van der Waals surface area contributed by atoms with Gasteiger partial charge < -0.3 is 10.3 Å². The third kappa shape index (κ3) is 4.59. The second-order valence-corrected chi connectivity index (χ2v) is 6.57. The van der Waals surface area contributed by atoms with Gasteiger partial charge in [0.25, 0.3) is 10.0 Å². The van der Waals surface area contributed by atoms with Gasteiger partial charge in [-0.05, 0) is 32.2 Å². The second kappa shape index (κ2) is 7.02. The predicted molar refractivity (Wildman–Crippen MR) is 75.3 cm³/mol. The molecule has 1 aromatic rings. The van der Waals surface area contributed by atoms with Crippen molar-refractivity contribution in [3.8, 4) is 0 Å². The highest BCUT2D eigenvalue weighted by Crippen LogP contribution is 2.10. The molecule has 7 heteroatoms. The quantitative estimate of drug-likeness (QED) is 0.742. The Balaban J connectivity index is 2.74. The van der Waals surface area contributed by atoms with E-state index >= 15 is 0 Å². The van der Waals surface area contributed by atoms with E-state index in [0.717, 1.165) is 25.2 Å². The average Bonchev–Trinajstić information content (AvgIpc) is 2.71. The van der Waals surface area contributed by atoms with Gasteiger partial charge in [0, 0.05) is 19.3 Å². The van der Waals surface area contributed by atoms with Crippen LogP contribution in [0.1, 0.15) is 32.5 Å². The maximum Gasteiger partial charge on any atom is 0.259 e. The summed E-state index contributed by atoms with van der Waals surface area (Å²) >= 11 is 0. The van der Waals surface area contributed by atoms with Crippen molar-refractivity contribution in [2.45, 2.75) is 45.2 Å². The number of rotatable bonds is 8. The van der Waals surface area contributed by atoms with E-state index in [0.29, 0.717) is 13.1 Å². The van der Waals surface area contributed by atoms with E-state index in [9.17, 15) is 8.42 Å². The van der Waals surface area contributed by atoms with Crippen LogP contribution in [0.15, 0.2) is 11.2 Å². The molecule has 19 heavy (non-hydrogen) atoms. The number of sulfonamides is 1. The summed E-state index contributed by atoms with van der Waals surface area (Å²) in [6.45, 7) is 7.55. The van der Waals surface area contributed by atoms with Crippen molar-refractivity contribution < 1.29 is 8.42 Å². The van der Waals surface area contributed by atoms with Gasteiger partial charge >= 0.3 is 0 Å². The zero-order chi connectivity index (χ0) is 14.5. The molecule has 0 aromatic carbocycles. The minimum absolute atomic E-state index is 0.0957. The Morgan fingerprint density at radius 2 is 2.21 bits per heavy atom. The highest BCUT2D eigenvalue weighted by atomic mass is 32.2. The highest BCUT2D eigenvalue weighted by molar-refractivity contribution is 7.89. The number of aryl methyl sites for hydroxylation is 2. The zero-order valence-corrected chi connectivity index (χ0v) is 12.7. The van der Waals surface area contributed by atoms with Crippen LogP contribution in [-0.4, -0.2) is 31.1 Å². The molecular formula is C12H24N4O2S. The minimum atomic E-state index is -3.52. The van der Waals surface area contributed by atoms with E-state index in [4.69, 9.17) is 5.73 Å². The molecule has 1 atom stereocenters. The number of hydrogen-bond acceptors (Lipinski definition) is 4. The fourth-order valence-corrected chi connectivity index (χ4v) is 2.96. The van der Waals surface area contributed by atoms with Crippen molar-refractivity contribution >= 4 is 10.0 Å². The first-order valence-corrected chi connectivity index (χ1v) is 8.12. The van der Waals surface area contributed by atoms with Gasteiger partial charge in [0.1, 0.15) is 5.82 Å². The summed E-state index contributed by atoms with van der Waals surface area (Å²) in [5.74, 6) is 0.941. The van der Waals surface area contributed by atoms with Gasteiger partial charge in [-0.25, -0.2) is 18.1 Å². The van der Waals surface area contributed by atoms with Crippen LogP contribution in [0.3, 0.4) is 0 Å². The average molecular weight is 288 g/mol. The van der Waals surface area contributed by atoms with Crippen molar-refractivity contribution in [3.63, 3.8) is 0 Å². The first-order valence-electron chi connectivity index (χ1n) is 6.64. The molecule has 0 aliphatic heterocycles. The van der Waals surface area contributed by atoms with Gasteiger partial charge in [-0.15, -0.1) is 0 Å². The van der Waals surface area contributed by atoms with Crippen LogP contribution in [0.2, 0.25) is 0 Å². The van der Waals surface area contributed by atoms with Crippen LogP contribution in [0.25, 0.3) is 0 Å². The molecule has 110 valence electrons. The summed E-state index contributed by atoms with van der Waals surface area (Å²) in [5, 5.41) is 0.0957. The van der Waals surface area contributed by atoms with Gasteiger partial charge in [-0.2, -0.15) is 0 Å². The third-order valence-corrected chi connectivity index (χ3v) is 4.27. The van der Waals surface area contributed by atoms with Gasteiger partial charge in [0.05, 0.1) is 0 Å². The Labute approximate surface area is 115 Å². The first-order chi connectivity index (χ1) is 8.90. The molecule has 0 amide bonds. The number of nitrogens with one attached hydrogen (secondary N) is 1. The number of nitrogens with zero attached hydrogens (tertiary/aromatic N) is 2. The second-order valence-electron chi connectivity index (χ2n) is 4.85. The summed E-state index contributed by atoms with van der Waals surface area (Å²) in [4.78, 5) is 4.11. The molecule has 0 saturated heterocycles. The largest absolute Gasteiger partial charge is 0.334 e. The third-order valence-electron chi connectivity index (χ3n) is 2.98. The summed E-state index contributed by atoms with van der Waals surface area (Å²) in [5.41, 5.74) is 5.44. The zero-order valence-electron chi connectivity index (χ0n) is 11.9. The van der Waals surface area contributed by atoms with Gasteiger partial charge in [-0.3, -0.25) is 0 Å². The normalized spacial score (nSPS) is 13.7. The predicted octanol–water partition coefficient (Wildman–Crippen LogP) is 0.865. The van der Waals surface area contributed by atoms with Gasteiger partial charge in [0.15, 0.2) is 5.03 Å². The van der Waals surface area contributed by atoms with Crippen LogP contribution in [0.5, 0.6) is 0 Å². The van der Waals surface area contributed by atoms with Gasteiger partial charge in [0.2, 0.25) is 0 Å². The van der Waals surface area contributed by atoms with E-state index in [2.05, 4.69) is 9.71 Å². The molecule has 0 saturated carbocycles. The SMILES string of the molecule is CCCn1cc(S(=O)(=O)NCC(C)CCN)nc1C. The lowest BCUT2D eigenvalue weighted by Crippen LogP contribution is -2.29. The molecule has 6 nitrogen and oxygen atoms in total.